The zero-order valence-electron chi connectivity index (χ0n) is 16.1. The number of nitrogens with one attached hydrogen (secondary N) is 2. The maximum Gasteiger partial charge on any atom is 0.191 e. The van der Waals surface area contributed by atoms with Gasteiger partial charge in [-0.05, 0) is 38.1 Å². The van der Waals surface area contributed by atoms with Gasteiger partial charge in [0.2, 0.25) is 0 Å². The summed E-state index contributed by atoms with van der Waals surface area (Å²) in [5.74, 6) is 2.27. The first-order chi connectivity index (χ1) is 13.1. The molecule has 0 aliphatic carbocycles. The standard InChI is InChI=1S/C18H31N5O3S/c1-19-18(20-6-9-22-10-13-27(24,25)14-11-22)21-15-16(17-5-4-12-26-17)23-7-2-3-8-23/h4-5,12,16H,2-3,6-11,13-15H2,1H3,(H2,19,20,21). The van der Waals surface area contributed by atoms with E-state index >= 15 is 0 Å². The van der Waals surface area contributed by atoms with Crippen LogP contribution in [0.15, 0.2) is 27.8 Å². The number of guanidine groups is 1. The lowest BCUT2D eigenvalue weighted by molar-refractivity contribution is 0.215. The third kappa shape index (κ3) is 5.95. The largest absolute Gasteiger partial charge is 0.468 e. The topological polar surface area (TPSA) is 90.2 Å². The second kappa shape index (κ2) is 9.57. The molecule has 1 aromatic rings. The van der Waals surface area contributed by atoms with Crippen molar-refractivity contribution in [2.45, 2.75) is 18.9 Å². The summed E-state index contributed by atoms with van der Waals surface area (Å²) in [7, 11) is -1.06. The van der Waals surface area contributed by atoms with E-state index < -0.39 is 9.84 Å². The highest BCUT2D eigenvalue weighted by molar-refractivity contribution is 7.91. The van der Waals surface area contributed by atoms with Gasteiger partial charge in [-0.1, -0.05) is 0 Å². The van der Waals surface area contributed by atoms with Crippen molar-refractivity contribution in [1.82, 2.24) is 20.4 Å². The average Bonchev–Trinajstić information content (AvgIpc) is 3.36. The first kappa shape index (κ1) is 20.2. The maximum absolute atomic E-state index is 11.5. The van der Waals surface area contributed by atoms with Crippen molar-refractivity contribution in [1.29, 1.82) is 0 Å². The van der Waals surface area contributed by atoms with Crippen molar-refractivity contribution >= 4 is 15.8 Å². The lowest BCUT2D eigenvalue weighted by Gasteiger charge is -2.28. The Morgan fingerprint density at radius 3 is 2.59 bits per heavy atom. The Labute approximate surface area is 161 Å². The highest BCUT2D eigenvalue weighted by Crippen LogP contribution is 2.24. The predicted molar refractivity (Wildman–Crippen MR) is 107 cm³/mol. The molecule has 9 heteroatoms. The predicted octanol–water partition coefficient (Wildman–Crippen LogP) is 0.312. The molecule has 0 saturated carbocycles. The van der Waals surface area contributed by atoms with Crippen LogP contribution < -0.4 is 10.6 Å². The number of likely N-dealkylation sites (tertiary alicyclic amines) is 1. The summed E-state index contributed by atoms with van der Waals surface area (Å²) in [6.07, 6.45) is 4.19. The van der Waals surface area contributed by atoms with Crippen LogP contribution in [0.2, 0.25) is 0 Å². The van der Waals surface area contributed by atoms with Crippen LogP contribution >= 0.6 is 0 Å². The maximum atomic E-state index is 11.5. The molecule has 1 unspecified atom stereocenters. The van der Waals surface area contributed by atoms with Gasteiger partial charge in [-0.2, -0.15) is 0 Å². The van der Waals surface area contributed by atoms with Gasteiger partial charge in [-0.25, -0.2) is 8.42 Å². The van der Waals surface area contributed by atoms with Crippen molar-refractivity contribution in [3.63, 3.8) is 0 Å². The SMILES string of the molecule is CN=C(NCCN1CCS(=O)(=O)CC1)NCC(c1ccco1)N1CCCC1. The van der Waals surface area contributed by atoms with E-state index in [2.05, 4.69) is 25.4 Å². The molecule has 2 aliphatic rings. The number of furan rings is 1. The molecular formula is C18H31N5O3S. The summed E-state index contributed by atoms with van der Waals surface area (Å²) in [6, 6.07) is 4.17. The van der Waals surface area contributed by atoms with Gasteiger partial charge in [-0.15, -0.1) is 0 Å². The van der Waals surface area contributed by atoms with Crippen LogP contribution in [0.4, 0.5) is 0 Å². The Bertz CT molecular complexity index is 685. The van der Waals surface area contributed by atoms with Crippen molar-refractivity contribution < 1.29 is 12.8 Å². The third-order valence-electron chi connectivity index (χ3n) is 5.30. The lowest BCUT2D eigenvalue weighted by Crippen LogP contribution is -2.47. The molecule has 3 rings (SSSR count). The van der Waals surface area contributed by atoms with E-state index in [4.69, 9.17) is 4.42 Å². The summed E-state index contributed by atoms with van der Waals surface area (Å²) in [5, 5.41) is 6.74. The Morgan fingerprint density at radius 1 is 1.22 bits per heavy atom. The summed E-state index contributed by atoms with van der Waals surface area (Å²) < 4.78 is 28.6. The Morgan fingerprint density at radius 2 is 1.96 bits per heavy atom. The fourth-order valence-electron chi connectivity index (χ4n) is 3.66. The van der Waals surface area contributed by atoms with Gasteiger partial charge >= 0.3 is 0 Å². The molecule has 2 saturated heterocycles. The Kier molecular flexibility index (Phi) is 7.14. The summed E-state index contributed by atoms with van der Waals surface area (Å²) >= 11 is 0. The number of hydrogen-bond donors (Lipinski definition) is 2. The normalized spacial score (nSPS) is 22.6. The van der Waals surface area contributed by atoms with E-state index in [-0.39, 0.29) is 17.5 Å². The van der Waals surface area contributed by atoms with Crippen LogP contribution in [0.5, 0.6) is 0 Å². The van der Waals surface area contributed by atoms with Crippen molar-refractivity contribution in [2.24, 2.45) is 4.99 Å². The smallest absolute Gasteiger partial charge is 0.191 e. The highest BCUT2D eigenvalue weighted by Gasteiger charge is 2.25. The number of aliphatic imine (C=N–C) groups is 1. The molecule has 152 valence electrons. The number of hydrogen-bond acceptors (Lipinski definition) is 6. The van der Waals surface area contributed by atoms with Crippen molar-refractivity contribution in [3.8, 4) is 0 Å². The monoisotopic (exact) mass is 397 g/mol. The zero-order chi connectivity index (χ0) is 19.1. The minimum absolute atomic E-state index is 0.202. The molecule has 3 heterocycles. The van der Waals surface area contributed by atoms with E-state index in [1.165, 1.54) is 12.8 Å². The Hall–Kier alpha value is -1.58. The van der Waals surface area contributed by atoms with E-state index in [1.54, 1.807) is 13.3 Å². The van der Waals surface area contributed by atoms with E-state index in [0.717, 1.165) is 44.4 Å². The van der Waals surface area contributed by atoms with Gasteiger partial charge in [0, 0.05) is 39.8 Å². The summed E-state index contributed by atoms with van der Waals surface area (Å²) in [5.41, 5.74) is 0. The van der Waals surface area contributed by atoms with Crippen LogP contribution in [0.25, 0.3) is 0 Å². The van der Waals surface area contributed by atoms with Crippen LogP contribution in [0.3, 0.4) is 0 Å². The summed E-state index contributed by atoms with van der Waals surface area (Å²) in [6.45, 7) is 5.69. The fraction of sp³-hybridized carbons (Fsp3) is 0.722. The number of nitrogens with zero attached hydrogens (tertiary/aromatic N) is 3. The molecule has 0 spiro atoms. The van der Waals surface area contributed by atoms with E-state index in [9.17, 15) is 8.42 Å². The average molecular weight is 398 g/mol. The molecule has 8 nitrogen and oxygen atoms in total. The van der Waals surface area contributed by atoms with Crippen molar-refractivity contribution in [3.05, 3.63) is 24.2 Å². The Balaban J connectivity index is 1.44. The fourth-order valence-corrected chi connectivity index (χ4v) is 4.94. The third-order valence-corrected chi connectivity index (χ3v) is 6.91. The molecule has 1 atom stereocenters. The summed E-state index contributed by atoms with van der Waals surface area (Å²) in [4.78, 5) is 8.93. The van der Waals surface area contributed by atoms with Gasteiger partial charge in [0.15, 0.2) is 15.8 Å². The molecule has 1 aromatic heterocycles. The molecule has 2 fully saturated rings. The van der Waals surface area contributed by atoms with Crippen LogP contribution in [-0.4, -0.2) is 88.5 Å². The molecule has 0 radical (unpaired) electrons. The first-order valence-electron chi connectivity index (χ1n) is 9.72. The van der Waals surface area contributed by atoms with Crippen LogP contribution in [0.1, 0.15) is 24.6 Å². The van der Waals surface area contributed by atoms with E-state index in [0.29, 0.717) is 13.1 Å². The van der Waals surface area contributed by atoms with Crippen LogP contribution in [0, 0.1) is 0 Å². The van der Waals surface area contributed by atoms with Crippen molar-refractivity contribution in [2.75, 3.05) is 64.4 Å². The van der Waals surface area contributed by atoms with Gasteiger partial charge in [0.25, 0.3) is 0 Å². The minimum Gasteiger partial charge on any atom is -0.468 e. The first-order valence-corrected chi connectivity index (χ1v) is 11.5. The molecule has 0 amide bonds. The quantitative estimate of drug-likeness (QED) is 0.506. The minimum atomic E-state index is -2.82. The second-order valence-corrected chi connectivity index (χ2v) is 9.45. The number of rotatable bonds is 7. The number of sulfone groups is 1. The zero-order valence-corrected chi connectivity index (χ0v) is 16.9. The molecular weight excluding hydrogens is 366 g/mol. The van der Waals surface area contributed by atoms with E-state index in [1.807, 2.05) is 12.1 Å². The van der Waals surface area contributed by atoms with Crippen LogP contribution in [-0.2, 0) is 9.84 Å². The molecule has 0 aromatic carbocycles. The second-order valence-electron chi connectivity index (χ2n) is 7.15. The molecule has 27 heavy (non-hydrogen) atoms. The molecule has 2 aliphatic heterocycles. The van der Waals surface area contributed by atoms with Gasteiger partial charge in [0.1, 0.15) is 5.76 Å². The van der Waals surface area contributed by atoms with Gasteiger partial charge in [-0.3, -0.25) is 14.8 Å². The van der Waals surface area contributed by atoms with Gasteiger partial charge < -0.3 is 15.1 Å². The molecule has 2 N–H and O–H groups in total. The van der Waals surface area contributed by atoms with Gasteiger partial charge in [0.05, 0.1) is 23.8 Å². The highest BCUT2D eigenvalue weighted by atomic mass is 32.2. The lowest BCUT2D eigenvalue weighted by atomic mass is 10.2. The molecule has 0 bridgehead atoms.